The minimum atomic E-state index is -0.510. The first-order chi connectivity index (χ1) is 72.4. The van der Waals surface area contributed by atoms with Gasteiger partial charge in [-0.1, -0.05) is 347 Å². The van der Waals surface area contributed by atoms with Gasteiger partial charge in [-0.2, -0.15) is 34.0 Å². The average Bonchev–Trinajstić information content (AvgIpc) is 1.62. The molecule has 31 heteroatoms. The molecule has 10 fully saturated rings. The van der Waals surface area contributed by atoms with Crippen LogP contribution in [-0.4, -0.2) is 183 Å². The lowest BCUT2D eigenvalue weighted by Gasteiger charge is -2.50. The number of fused-ring (bicyclic) bond motifs is 5. The molecule has 25 nitrogen and oxygen atoms in total. The van der Waals surface area contributed by atoms with E-state index < -0.39 is 90.0 Å². The molecule has 5 N–H and O–H groups in total. The number of hydrogen-bond acceptors (Lipinski definition) is 31. The lowest BCUT2D eigenvalue weighted by Crippen LogP contribution is -2.59. The number of rotatable bonds is 20. The van der Waals surface area contributed by atoms with E-state index in [1.54, 1.807) is 68.0 Å². The summed E-state index contributed by atoms with van der Waals surface area (Å²) in [6.45, 7) is 62.0. The zero-order chi connectivity index (χ0) is 110. The van der Waals surface area contributed by atoms with Crippen LogP contribution in [0.15, 0.2) is 224 Å². The van der Waals surface area contributed by atoms with E-state index in [2.05, 4.69) is 0 Å². The van der Waals surface area contributed by atoms with Crippen molar-refractivity contribution in [3.8, 4) is 0 Å². The molecule has 4 aromatic carbocycles. The van der Waals surface area contributed by atoms with Gasteiger partial charge in [-0.15, -0.1) is 34.0 Å². The highest BCUT2D eigenvalue weighted by Crippen LogP contribution is 2.51. The van der Waals surface area contributed by atoms with Crippen LogP contribution in [-0.2, 0) is 94.7 Å². The summed E-state index contributed by atoms with van der Waals surface area (Å²) in [5.41, 5.74) is 4.46. The van der Waals surface area contributed by atoms with Gasteiger partial charge in [0.05, 0.1) is 111 Å². The van der Waals surface area contributed by atoms with E-state index in [0.717, 1.165) is 53.6 Å². The monoisotopic (exact) mass is 2190 g/mol. The number of thiophene rings is 6. The lowest BCUT2D eigenvalue weighted by molar-refractivity contribution is -0.377. The van der Waals surface area contributed by atoms with E-state index in [1.165, 1.54) is 0 Å². The van der Waals surface area contributed by atoms with Crippen LogP contribution < -0.4 is 0 Å². The normalized spacial score (nSPS) is 28.4. The maximum atomic E-state index is 9.97. The smallest absolute Gasteiger partial charge is 0.194 e. The van der Waals surface area contributed by atoms with E-state index in [-0.39, 0.29) is 125 Å². The van der Waals surface area contributed by atoms with Crippen LogP contribution in [0.5, 0.6) is 0 Å². The second-order valence-electron chi connectivity index (χ2n) is 36.7. The summed E-state index contributed by atoms with van der Waals surface area (Å²) in [6, 6.07) is 57.3. The number of aliphatic hydroxyl groups excluding tert-OH is 5. The molecular formula is C118H178O25S6. The molecule has 16 heterocycles. The van der Waals surface area contributed by atoms with E-state index in [1.807, 2.05) is 432 Å². The molecule has 25 atom stereocenters. The average molecular weight is 2190 g/mol. The zero-order valence-corrected chi connectivity index (χ0v) is 98.7. The summed E-state index contributed by atoms with van der Waals surface area (Å²) in [6.07, 6.45) is -8.90. The first kappa shape index (κ1) is 132. The van der Waals surface area contributed by atoms with Crippen LogP contribution in [0.2, 0.25) is 0 Å². The van der Waals surface area contributed by atoms with Gasteiger partial charge >= 0.3 is 0 Å². The Kier molecular flexibility index (Phi) is 60.6. The molecule has 10 aliphatic rings. The predicted molar refractivity (Wildman–Crippen MR) is 600 cm³/mol. The van der Waals surface area contributed by atoms with Crippen molar-refractivity contribution in [1.29, 1.82) is 0 Å². The van der Waals surface area contributed by atoms with Crippen molar-refractivity contribution in [3.63, 3.8) is 0 Å². The van der Waals surface area contributed by atoms with Crippen LogP contribution in [0.1, 0.15) is 324 Å². The van der Waals surface area contributed by atoms with Gasteiger partial charge in [0.15, 0.2) is 62.9 Å². The Balaban J connectivity index is 0.000000272. The maximum Gasteiger partial charge on any atom is 0.194 e. The lowest BCUT2D eigenvalue weighted by atomic mass is 9.81. The zero-order valence-electron chi connectivity index (χ0n) is 93.8. The van der Waals surface area contributed by atoms with Crippen molar-refractivity contribution in [3.05, 3.63) is 278 Å². The first-order valence-electron chi connectivity index (χ1n) is 53.7. The van der Waals surface area contributed by atoms with Crippen molar-refractivity contribution in [2.45, 2.75) is 362 Å². The summed E-state index contributed by atoms with van der Waals surface area (Å²) in [5, 5.41) is 67.7. The standard InChI is InChI=1S/C22H26O5.2C20H24O5S.2C18H22O5S2.10C2H6/c1-22(2,14-23)19-18-17(25-21(27-19)16-11-7-4-8-12-16)13-24-20(26-18)15-9-5-3-6-10-15;1-20(2,12-21)17-16-14(23-19(25-17)15-9-6-10-26-15)11-22-18(24-16)13-7-4-3-5-8-13;1-20(2,12-21)17-16-15(23-19(25-17)14-8-9-26-11-14)10-22-18(24-16)13-6-4-3-5-7-13;1-18(2,10-19)15-14-13(21-17(23-15)12-4-6-25-9-12)7-20-16(22-14)11-3-5-24-8-11;1-18(2,10-19)15-14-11(21-17(23-15)13-6-4-8-25-13)9-20-16(22-14)12-5-3-7-24-12;10*1-2/h3-12,17-21,23H,13-14H2,1-2H3;3-10,14,16-19,21H,11-12H2,1-2H3;3-9,11,15-19,21H,10,12H2,1-2H3;3-6,8-9,13-17,19H,7,10H2,1-2H3;3-8,11,14-17,19H,9-10H2,1-2H3;10*1-2H3/t17-,18+,19-,20?,21?;14-,16+,17-,18?,19?;15-,16+,17-,18?,19?;13-,14+,15-,16?,17?;11-,14+,15-,16?,17?;;;;;;;;;;/m00000........../s1. The fourth-order valence-corrected chi connectivity index (χ4v) is 20.9. The molecule has 0 spiro atoms. The van der Waals surface area contributed by atoms with Gasteiger partial charge in [0.2, 0.25) is 0 Å². The van der Waals surface area contributed by atoms with Gasteiger partial charge in [-0.05, 0) is 84.8 Å². The number of hydrogen-bond donors (Lipinski definition) is 5. The van der Waals surface area contributed by atoms with E-state index in [9.17, 15) is 25.5 Å². The molecule has 0 aliphatic carbocycles. The van der Waals surface area contributed by atoms with Crippen LogP contribution in [0, 0.1) is 27.1 Å². The second-order valence-corrected chi connectivity index (χ2v) is 42.0. The third kappa shape index (κ3) is 36.1. The van der Waals surface area contributed by atoms with Crippen molar-refractivity contribution < 1.29 is 120 Å². The summed E-state index contributed by atoms with van der Waals surface area (Å²) in [4.78, 5) is 3.05. The van der Waals surface area contributed by atoms with Gasteiger partial charge < -0.3 is 120 Å². The molecule has 10 aliphatic heterocycles. The molecule has 6 aromatic heterocycles. The molecule has 10 saturated heterocycles. The van der Waals surface area contributed by atoms with Gasteiger partial charge in [-0.25, -0.2) is 0 Å². The molecule has 10 unspecified atom stereocenters. The minimum absolute atomic E-state index is 0.00172. The second kappa shape index (κ2) is 68.6. The predicted octanol–water partition coefficient (Wildman–Crippen LogP) is 28.6. The Bertz CT molecular complexity index is 4670. The van der Waals surface area contributed by atoms with Gasteiger partial charge in [0, 0.05) is 66.0 Å². The Hall–Kier alpha value is -5.92. The summed E-state index contributed by atoms with van der Waals surface area (Å²) in [7, 11) is 0. The largest absolute Gasteiger partial charge is 0.396 e. The summed E-state index contributed by atoms with van der Waals surface area (Å²) in [5.74, 6) is 0. The van der Waals surface area contributed by atoms with Crippen molar-refractivity contribution in [1.82, 2.24) is 0 Å². The minimum Gasteiger partial charge on any atom is -0.396 e. The Morgan fingerprint density at radius 2 is 0.389 bits per heavy atom. The van der Waals surface area contributed by atoms with Crippen LogP contribution in [0.4, 0.5) is 0 Å². The molecule has 0 amide bonds. The highest BCUT2D eigenvalue weighted by molar-refractivity contribution is 7.10. The molecule has 0 bridgehead atoms. The molecule has 0 radical (unpaired) electrons. The Morgan fingerprint density at radius 1 is 0.201 bits per heavy atom. The van der Waals surface area contributed by atoms with Crippen LogP contribution in [0.25, 0.3) is 0 Å². The Labute approximate surface area is 915 Å². The van der Waals surface area contributed by atoms with Crippen molar-refractivity contribution >= 4 is 68.0 Å². The first-order valence-corrected chi connectivity index (χ1v) is 59.2. The topological polar surface area (TPSA) is 286 Å². The molecule has 0 saturated carbocycles. The molecular weight excluding hydrogens is 2010 g/mol. The molecule has 10 aromatic rings. The Morgan fingerprint density at radius 3 is 0.604 bits per heavy atom. The van der Waals surface area contributed by atoms with E-state index in [0.29, 0.717) is 33.0 Å². The van der Waals surface area contributed by atoms with Gasteiger partial charge in [0.25, 0.3) is 0 Å². The highest BCUT2D eigenvalue weighted by Gasteiger charge is 2.57. The molecule has 836 valence electrons. The third-order valence-corrected chi connectivity index (χ3v) is 29.4. The van der Waals surface area contributed by atoms with E-state index >= 15 is 0 Å². The van der Waals surface area contributed by atoms with Crippen LogP contribution >= 0.6 is 68.0 Å². The maximum absolute atomic E-state index is 9.97. The SMILES string of the molecule is CC.CC.CC.CC.CC.CC.CC.CC.CC.CC.CC(C)(CO)[C@H]1OC(c2ccccc2)O[C@H]2COC(c3ccccc3)O[C@H]21.CC(C)(CO)[C@H]1OC(c2cccs2)O[C@H]2COC(c3ccccc3)O[C@H]21.CC(C)(CO)[C@H]1OC(c2cccs2)O[C@H]2COC(c3cccs3)O[C@H]21.CC(C)(CO)[C@H]1OC(c2ccsc2)O[C@H]2COC(c3ccccc3)O[C@H]21.CC(C)(CO)[C@H]1OC(c2ccsc2)O[C@H]2COC(c3ccsc3)O[C@H]21. The van der Waals surface area contributed by atoms with Crippen LogP contribution in [0.3, 0.4) is 0 Å². The summed E-state index contributed by atoms with van der Waals surface area (Å²) >= 11 is 9.61. The summed E-state index contributed by atoms with van der Waals surface area (Å²) < 4.78 is 123. The number of benzene rings is 4. The molecule has 149 heavy (non-hydrogen) atoms. The highest BCUT2D eigenvalue weighted by atomic mass is 32.1. The van der Waals surface area contributed by atoms with Crippen molar-refractivity contribution in [2.24, 2.45) is 27.1 Å². The van der Waals surface area contributed by atoms with Crippen molar-refractivity contribution in [2.75, 3.05) is 66.1 Å². The number of ether oxygens (including phenoxy) is 20. The fraction of sp³-hybridized carbons (Fsp3) is 0.593. The fourth-order valence-electron chi connectivity index (χ4n) is 16.8. The van der Waals surface area contributed by atoms with E-state index in [4.69, 9.17) is 94.7 Å². The quantitative estimate of drug-likeness (QED) is 0.0474. The third-order valence-electron chi connectivity index (χ3n) is 24.6. The van der Waals surface area contributed by atoms with Gasteiger partial charge in [-0.3, -0.25) is 0 Å². The molecule has 20 rings (SSSR count). The number of aliphatic hydroxyl groups is 5. The van der Waals surface area contributed by atoms with Gasteiger partial charge in [0.1, 0.15) is 61.0 Å².